The highest BCUT2D eigenvalue weighted by molar-refractivity contribution is 6.51. The molecule has 0 aromatic carbocycles. The van der Waals surface area contributed by atoms with Gasteiger partial charge in [0.25, 0.3) is 0 Å². The first-order chi connectivity index (χ1) is 8.54. The molecule has 0 aromatic heterocycles. The zero-order valence-electron chi connectivity index (χ0n) is 12.4. The lowest BCUT2D eigenvalue weighted by atomic mass is 9.62. The lowest BCUT2D eigenvalue weighted by Gasteiger charge is -2.31. The lowest BCUT2D eigenvalue weighted by molar-refractivity contribution is -0.129. The molecule has 4 heteroatoms. The van der Waals surface area contributed by atoms with Gasteiger partial charge in [-0.05, 0) is 38.0 Å². The maximum Gasteiger partial charge on any atom is 0.359 e. The van der Waals surface area contributed by atoms with Crippen LogP contribution in [-0.4, -0.2) is 23.8 Å². The molecular formula is C14H26BNO2. The van der Waals surface area contributed by atoms with E-state index in [9.17, 15) is 4.79 Å². The van der Waals surface area contributed by atoms with Crippen molar-refractivity contribution in [3.05, 3.63) is 12.0 Å². The maximum absolute atomic E-state index is 12.1. The van der Waals surface area contributed by atoms with E-state index in [1.165, 1.54) is 0 Å². The molecule has 0 N–H and O–H groups in total. The van der Waals surface area contributed by atoms with Crippen LogP contribution in [0.2, 0.25) is 12.6 Å². The van der Waals surface area contributed by atoms with Crippen LogP contribution in [-0.2, 0) is 9.45 Å². The minimum Gasteiger partial charge on any atom is -0.549 e. The van der Waals surface area contributed by atoms with E-state index in [4.69, 9.17) is 4.65 Å². The number of amides is 1. The van der Waals surface area contributed by atoms with Crippen LogP contribution in [0.5, 0.6) is 0 Å². The van der Waals surface area contributed by atoms with Gasteiger partial charge in [0.2, 0.25) is 5.91 Å². The molecule has 0 spiro atoms. The van der Waals surface area contributed by atoms with E-state index in [0.717, 1.165) is 24.9 Å². The van der Waals surface area contributed by atoms with E-state index in [-0.39, 0.29) is 18.9 Å². The van der Waals surface area contributed by atoms with E-state index in [1.807, 2.05) is 17.9 Å². The lowest BCUT2D eigenvalue weighted by Crippen LogP contribution is -2.38. The molecule has 102 valence electrons. The Morgan fingerprint density at radius 1 is 1.50 bits per heavy atom. The fourth-order valence-corrected chi connectivity index (χ4v) is 2.51. The Hall–Kier alpha value is -0.925. The molecule has 1 rings (SSSR count). The topological polar surface area (TPSA) is 29.5 Å². The van der Waals surface area contributed by atoms with Crippen molar-refractivity contribution in [2.24, 2.45) is 5.92 Å². The van der Waals surface area contributed by atoms with Crippen LogP contribution in [0.1, 0.15) is 47.5 Å². The van der Waals surface area contributed by atoms with Crippen LogP contribution in [0.25, 0.3) is 0 Å². The third-order valence-electron chi connectivity index (χ3n) is 3.71. The fourth-order valence-electron chi connectivity index (χ4n) is 2.51. The Morgan fingerprint density at radius 3 is 2.56 bits per heavy atom. The maximum atomic E-state index is 12.1. The number of nitrogens with zero attached hydrogens (tertiary/aromatic N) is 1. The van der Waals surface area contributed by atoms with E-state index >= 15 is 0 Å². The van der Waals surface area contributed by atoms with Crippen molar-refractivity contribution in [2.45, 2.75) is 66.1 Å². The molecule has 0 saturated carbocycles. The first-order valence-electron chi connectivity index (χ1n) is 7.20. The molecule has 0 unspecified atom stereocenters. The van der Waals surface area contributed by atoms with Crippen LogP contribution in [0, 0.1) is 5.92 Å². The van der Waals surface area contributed by atoms with Gasteiger partial charge in [-0.15, -0.1) is 0 Å². The molecular weight excluding hydrogens is 225 g/mol. The molecule has 3 nitrogen and oxygen atoms in total. The first-order valence-corrected chi connectivity index (χ1v) is 7.20. The second-order valence-corrected chi connectivity index (χ2v) is 5.30. The standard InChI is InChI=1S/C14H26BNO2/c1-6-14(18-15(7-2)8-3)16-12(11(4)5)9-10-13(16)17/h6,11-12H,7-10H2,1-5H3/b14-6-/t12-/m1/s1. The molecule has 1 aliphatic rings. The van der Waals surface area contributed by atoms with Crippen molar-refractivity contribution in [1.82, 2.24) is 4.90 Å². The smallest absolute Gasteiger partial charge is 0.359 e. The van der Waals surface area contributed by atoms with Gasteiger partial charge < -0.3 is 4.65 Å². The summed E-state index contributed by atoms with van der Waals surface area (Å²) >= 11 is 0. The van der Waals surface area contributed by atoms with E-state index in [0.29, 0.717) is 12.3 Å². The summed E-state index contributed by atoms with van der Waals surface area (Å²) in [6.07, 6.45) is 5.47. The Balaban J connectivity index is 2.83. The van der Waals surface area contributed by atoms with Gasteiger partial charge in [0.1, 0.15) is 0 Å². The van der Waals surface area contributed by atoms with Gasteiger partial charge in [-0.3, -0.25) is 9.69 Å². The number of hydrogen-bond acceptors (Lipinski definition) is 2. The van der Waals surface area contributed by atoms with Crippen molar-refractivity contribution < 1.29 is 9.45 Å². The predicted molar refractivity (Wildman–Crippen MR) is 76.3 cm³/mol. The van der Waals surface area contributed by atoms with Gasteiger partial charge in [0, 0.05) is 12.5 Å². The summed E-state index contributed by atoms with van der Waals surface area (Å²) in [6.45, 7) is 10.7. The Morgan fingerprint density at radius 2 is 2.11 bits per heavy atom. The average Bonchev–Trinajstić information content (AvgIpc) is 2.73. The summed E-state index contributed by atoms with van der Waals surface area (Å²) < 4.78 is 6.00. The average molecular weight is 251 g/mol. The van der Waals surface area contributed by atoms with E-state index < -0.39 is 0 Å². The van der Waals surface area contributed by atoms with Crippen molar-refractivity contribution in [3.63, 3.8) is 0 Å². The summed E-state index contributed by atoms with van der Waals surface area (Å²) in [4.78, 5) is 13.9. The molecule has 0 bridgehead atoms. The second-order valence-electron chi connectivity index (χ2n) is 5.30. The number of carbonyl (C=O) groups is 1. The first kappa shape index (κ1) is 15.1. The molecule has 1 aliphatic heterocycles. The molecule has 18 heavy (non-hydrogen) atoms. The summed E-state index contributed by atoms with van der Waals surface area (Å²) in [6, 6.07) is 0.290. The van der Waals surface area contributed by atoms with Gasteiger partial charge in [0.15, 0.2) is 5.88 Å². The summed E-state index contributed by atoms with van der Waals surface area (Å²) in [7, 11) is 0. The van der Waals surface area contributed by atoms with Gasteiger partial charge in [-0.2, -0.15) is 0 Å². The minimum atomic E-state index is 0.202. The van der Waals surface area contributed by atoms with Crippen molar-refractivity contribution in [1.29, 1.82) is 0 Å². The third-order valence-corrected chi connectivity index (χ3v) is 3.71. The highest BCUT2D eigenvalue weighted by Crippen LogP contribution is 2.29. The van der Waals surface area contributed by atoms with Crippen LogP contribution >= 0.6 is 0 Å². The minimum absolute atomic E-state index is 0.202. The quantitative estimate of drug-likeness (QED) is 0.533. The number of hydrogen-bond donors (Lipinski definition) is 0. The molecule has 0 radical (unpaired) electrons. The normalized spacial score (nSPS) is 20.8. The molecule has 1 heterocycles. The van der Waals surface area contributed by atoms with Crippen LogP contribution in [0.4, 0.5) is 0 Å². The van der Waals surface area contributed by atoms with Crippen LogP contribution in [0.3, 0.4) is 0 Å². The fraction of sp³-hybridized carbons (Fsp3) is 0.786. The van der Waals surface area contributed by atoms with Crippen LogP contribution in [0.15, 0.2) is 12.0 Å². The molecule has 0 aromatic rings. The molecule has 1 fully saturated rings. The predicted octanol–water partition coefficient (Wildman–Crippen LogP) is 3.54. The summed E-state index contributed by atoms with van der Waals surface area (Å²) in [5.74, 6) is 1.43. The SMILES string of the molecule is C/C=C(\OB(CC)CC)N1C(=O)CC[C@@H]1C(C)C. The van der Waals surface area contributed by atoms with Crippen molar-refractivity contribution in [2.75, 3.05) is 0 Å². The van der Waals surface area contributed by atoms with Gasteiger partial charge in [-0.1, -0.05) is 27.7 Å². The third kappa shape index (κ3) is 3.30. The summed E-state index contributed by atoms with van der Waals surface area (Å²) in [5.41, 5.74) is 0. The highest BCUT2D eigenvalue weighted by Gasteiger charge is 2.36. The largest absolute Gasteiger partial charge is 0.549 e. The molecule has 0 aliphatic carbocycles. The van der Waals surface area contributed by atoms with Crippen LogP contribution < -0.4 is 0 Å². The van der Waals surface area contributed by atoms with Gasteiger partial charge in [-0.25, -0.2) is 0 Å². The second kappa shape index (κ2) is 6.86. The Bertz CT molecular complexity index is 311. The van der Waals surface area contributed by atoms with Crippen molar-refractivity contribution in [3.8, 4) is 0 Å². The Kier molecular flexibility index (Phi) is 5.77. The van der Waals surface area contributed by atoms with E-state index in [2.05, 4.69) is 27.7 Å². The molecule has 1 atom stereocenters. The highest BCUT2D eigenvalue weighted by atomic mass is 16.5. The number of allylic oxidation sites excluding steroid dienone is 1. The zero-order valence-corrected chi connectivity index (χ0v) is 12.4. The number of carbonyl (C=O) groups excluding carboxylic acids is 1. The zero-order chi connectivity index (χ0) is 13.7. The Labute approximate surface area is 112 Å². The van der Waals surface area contributed by atoms with Gasteiger partial charge in [0.05, 0.1) is 0 Å². The summed E-state index contributed by atoms with van der Waals surface area (Å²) in [5, 5.41) is 0. The number of rotatable bonds is 6. The molecule has 1 amide bonds. The monoisotopic (exact) mass is 251 g/mol. The van der Waals surface area contributed by atoms with E-state index in [1.54, 1.807) is 0 Å². The molecule has 1 saturated heterocycles. The number of likely N-dealkylation sites (tertiary alicyclic amines) is 1. The van der Waals surface area contributed by atoms with Crippen molar-refractivity contribution >= 4 is 12.8 Å². The van der Waals surface area contributed by atoms with Gasteiger partial charge >= 0.3 is 6.92 Å².